The van der Waals surface area contributed by atoms with Crippen molar-refractivity contribution < 1.29 is 35.8 Å². The first kappa shape index (κ1) is 31.7. The van der Waals surface area contributed by atoms with Gasteiger partial charge in [-0.2, -0.15) is 17.5 Å². The van der Waals surface area contributed by atoms with Crippen LogP contribution >= 0.6 is 0 Å². The van der Waals surface area contributed by atoms with Gasteiger partial charge in [-0.3, -0.25) is 9.89 Å². The Morgan fingerprint density at radius 1 is 1.21 bits per heavy atom. The molecule has 4 heterocycles. The number of sulfonamides is 1. The van der Waals surface area contributed by atoms with Crippen LogP contribution in [0, 0.1) is 0 Å². The summed E-state index contributed by atoms with van der Waals surface area (Å²) in [6.45, 7) is 5.33. The highest BCUT2D eigenvalue weighted by atomic mass is 32.2. The van der Waals surface area contributed by atoms with E-state index in [4.69, 9.17) is 19.9 Å². The van der Waals surface area contributed by atoms with Crippen molar-refractivity contribution in [1.29, 1.82) is 0 Å². The molecule has 0 aromatic heterocycles. The summed E-state index contributed by atoms with van der Waals surface area (Å²) < 4.78 is 86.7. The van der Waals surface area contributed by atoms with Crippen molar-refractivity contribution in [2.45, 2.75) is 48.6 Å². The molecule has 0 amide bonds. The minimum Gasteiger partial charge on any atom is -0.496 e. The lowest BCUT2D eigenvalue weighted by Crippen LogP contribution is -2.56. The monoisotopic (exact) mass is 628 g/mol. The predicted molar refractivity (Wildman–Crippen MR) is 154 cm³/mol. The van der Waals surface area contributed by atoms with Gasteiger partial charge in [0.05, 0.1) is 43.9 Å². The Morgan fingerprint density at radius 2 is 1.91 bits per heavy atom. The molecule has 0 aliphatic carbocycles. The van der Waals surface area contributed by atoms with Crippen LogP contribution in [0.5, 0.6) is 5.75 Å². The van der Waals surface area contributed by atoms with Crippen molar-refractivity contribution in [3.63, 3.8) is 0 Å². The zero-order valence-electron chi connectivity index (χ0n) is 24.5. The third-order valence-corrected chi connectivity index (χ3v) is 10.2. The number of ether oxygens (including phenoxy) is 3. The summed E-state index contributed by atoms with van der Waals surface area (Å²) in [5.74, 6) is 0.160. The molecule has 5 rings (SSSR count). The predicted octanol–water partition coefficient (Wildman–Crippen LogP) is 1.67. The van der Waals surface area contributed by atoms with Crippen LogP contribution in [0.15, 0.2) is 51.0 Å². The highest BCUT2D eigenvalue weighted by Crippen LogP contribution is 2.40. The van der Waals surface area contributed by atoms with Crippen molar-refractivity contribution in [1.82, 2.24) is 19.8 Å². The Hall–Kier alpha value is -2.69. The number of nitrogens with zero attached hydrogens (tertiary/aromatic N) is 3. The number of fused-ring (bicyclic) bond motifs is 1. The van der Waals surface area contributed by atoms with Crippen LogP contribution in [-0.4, -0.2) is 108 Å². The van der Waals surface area contributed by atoms with Crippen LogP contribution in [-0.2, 0) is 25.2 Å². The number of piperidine rings is 1. The third kappa shape index (κ3) is 6.42. The van der Waals surface area contributed by atoms with Crippen molar-refractivity contribution in [2.24, 2.45) is 10.7 Å². The molecule has 4 aliphatic rings. The molecule has 2 fully saturated rings. The zero-order chi connectivity index (χ0) is 31.0. The van der Waals surface area contributed by atoms with E-state index in [9.17, 15) is 21.6 Å². The first-order chi connectivity index (χ1) is 20.4. The Morgan fingerprint density at radius 3 is 2.53 bits per heavy atom. The fourth-order valence-corrected chi connectivity index (χ4v) is 7.63. The molecule has 11 nitrogen and oxygen atoms in total. The largest absolute Gasteiger partial charge is 0.496 e. The molecule has 238 valence electrons. The fourth-order valence-electron chi connectivity index (χ4n) is 6.14. The van der Waals surface area contributed by atoms with E-state index in [-0.39, 0.29) is 40.4 Å². The summed E-state index contributed by atoms with van der Waals surface area (Å²) in [7, 11) is -0.950. The number of methoxy groups -OCH3 is 2. The number of hydrogen-bond donors (Lipinski definition) is 3. The lowest BCUT2D eigenvalue weighted by Gasteiger charge is -2.39. The molecule has 15 heteroatoms. The second-order valence-electron chi connectivity index (χ2n) is 11.2. The van der Waals surface area contributed by atoms with E-state index in [1.54, 1.807) is 6.92 Å². The van der Waals surface area contributed by atoms with E-state index in [0.29, 0.717) is 37.9 Å². The molecule has 43 heavy (non-hydrogen) atoms. The van der Waals surface area contributed by atoms with Crippen LogP contribution in [0.3, 0.4) is 0 Å². The molecule has 4 aliphatic heterocycles. The van der Waals surface area contributed by atoms with E-state index in [0.717, 1.165) is 25.9 Å². The quantitative estimate of drug-likeness (QED) is 0.374. The molecule has 1 aromatic rings. The summed E-state index contributed by atoms with van der Waals surface area (Å²) in [5.41, 5.74) is 4.83. The van der Waals surface area contributed by atoms with E-state index in [2.05, 4.69) is 20.5 Å². The summed E-state index contributed by atoms with van der Waals surface area (Å²) in [6, 6.07) is 4.37. The molecule has 0 spiro atoms. The summed E-state index contributed by atoms with van der Waals surface area (Å²) in [6.07, 6.45) is -1.69. The van der Waals surface area contributed by atoms with Crippen molar-refractivity contribution in [3.05, 3.63) is 46.7 Å². The summed E-state index contributed by atoms with van der Waals surface area (Å²) in [5, 5.41) is 6.03. The lowest BCUT2D eigenvalue weighted by atomic mass is 9.90. The Balaban J connectivity index is 1.43. The normalized spacial score (nSPS) is 25.1. The van der Waals surface area contributed by atoms with Gasteiger partial charge in [0.15, 0.2) is 0 Å². The number of benzene rings is 1. The van der Waals surface area contributed by atoms with Crippen LogP contribution < -0.4 is 21.1 Å². The molecule has 2 saturated heterocycles. The number of aliphatic imine (C=N–C) groups is 1. The molecule has 1 aromatic carbocycles. The molecule has 0 saturated carbocycles. The first-order valence-electron chi connectivity index (χ1n) is 14.3. The zero-order valence-corrected chi connectivity index (χ0v) is 25.4. The minimum absolute atomic E-state index is 0.00803. The number of morpholine rings is 1. The van der Waals surface area contributed by atoms with Crippen molar-refractivity contribution in [2.75, 3.05) is 66.8 Å². The minimum atomic E-state index is -4.59. The maximum atomic E-state index is 13.9. The Labute approximate surface area is 250 Å². The highest BCUT2D eigenvalue weighted by molar-refractivity contribution is 7.89. The molecule has 0 bridgehead atoms. The van der Waals surface area contributed by atoms with Crippen molar-refractivity contribution in [3.8, 4) is 5.75 Å². The van der Waals surface area contributed by atoms with Gasteiger partial charge >= 0.3 is 6.18 Å². The van der Waals surface area contributed by atoms with Crippen LogP contribution in [0.4, 0.5) is 13.2 Å². The number of amidine groups is 1. The van der Waals surface area contributed by atoms with E-state index < -0.39 is 34.0 Å². The topological polar surface area (TPSA) is 131 Å². The van der Waals surface area contributed by atoms with Gasteiger partial charge in [0, 0.05) is 68.3 Å². The number of alkyl halides is 3. The molecule has 2 atom stereocenters. The maximum Gasteiger partial charge on any atom is 0.415 e. The molecular weight excluding hydrogens is 589 g/mol. The average molecular weight is 629 g/mol. The smallest absolute Gasteiger partial charge is 0.415 e. The second kappa shape index (κ2) is 12.4. The summed E-state index contributed by atoms with van der Waals surface area (Å²) >= 11 is 0. The summed E-state index contributed by atoms with van der Waals surface area (Å²) in [4.78, 5) is 6.52. The van der Waals surface area contributed by atoms with Crippen LogP contribution in [0.1, 0.15) is 25.3 Å². The highest BCUT2D eigenvalue weighted by Gasteiger charge is 2.46. The van der Waals surface area contributed by atoms with Crippen LogP contribution in [0.25, 0.3) is 0 Å². The molecule has 2 unspecified atom stereocenters. The lowest BCUT2D eigenvalue weighted by molar-refractivity contribution is -0.0922. The van der Waals surface area contributed by atoms with E-state index >= 15 is 0 Å². The third-order valence-electron chi connectivity index (χ3n) is 8.30. The van der Waals surface area contributed by atoms with Gasteiger partial charge in [0.1, 0.15) is 17.2 Å². The number of nitrogens with one attached hydrogen (secondary N) is 2. The van der Waals surface area contributed by atoms with Gasteiger partial charge in [0.25, 0.3) is 0 Å². The van der Waals surface area contributed by atoms with Gasteiger partial charge < -0.3 is 30.6 Å². The average Bonchev–Trinajstić information content (AvgIpc) is 3.42. The maximum absolute atomic E-state index is 13.9. The standard InChI is InChI=1S/C28H39F3N6O5S/c1-18(17-40-2)34-23-15-27(32,35-26-25(23)22(16-33-26)28(29,30)31)21-5-4-20(14-24(21)41-3)43(38,39)37-8-6-19(7-9-37)36-10-12-42-13-11-36/h4-5,14-15,18-19,34H,6-13,16-17,32H2,1-3H3,(H,33,35). The van der Waals surface area contributed by atoms with Crippen LogP contribution in [0.2, 0.25) is 0 Å². The van der Waals surface area contributed by atoms with Gasteiger partial charge in [0.2, 0.25) is 10.0 Å². The number of nitrogens with two attached hydrogens (primary N) is 1. The van der Waals surface area contributed by atoms with Gasteiger partial charge in [-0.15, -0.1) is 0 Å². The molecule has 0 radical (unpaired) electrons. The first-order valence-corrected chi connectivity index (χ1v) is 15.7. The number of rotatable bonds is 9. The second-order valence-corrected chi connectivity index (χ2v) is 13.2. The van der Waals surface area contributed by atoms with E-state index in [1.165, 1.54) is 42.8 Å². The van der Waals surface area contributed by atoms with Gasteiger partial charge in [-0.05, 0) is 38.0 Å². The number of hydrogen-bond acceptors (Lipinski definition) is 10. The number of halogens is 3. The molecular formula is C28H39F3N6O5S. The van der Waals surface area contributed by atoms with E-state index in [1.807, 2.05) is 0 Å². The van der Waals surface area contributed by atoms with Crippen molar-refractivity contribution >= 4 is 15.9 Å². The Kier molecular flexibility index (Phi) is 9.12. The van der Waals surface area contributed by atoms with Gasteiger partial charge in [-0.1, -0.05) is 0 Å². The molecule has 4 N–H and O–H groups in total. The van der Waals surface area contributed by atoms with Gasteiger partial charge in [-0.25, -0.2) is 8.42 Å². The fraction of sp³-hybridized carbons (Fsp3) is 0.607. The Bertz CT molecular complexity index is 1400. The SMILES string of the molecule is COCC(C)NC1=CC(N)(c2ccc(S(=O)(=O)N3CCC(N4CCOCC4)CC3)cc2OC)NC2=NCC(C(F)(F)F)=C12.